The quantitative estimate of drug-likeness (QED) is 0.0542. The van der Waals surface area contributed by atoms with E-state index in [0.29, 0.717) is 43.3 Å². The molecule has 1 aliphatic carbocycles. The fourth-order valence-electron chi connectivity index (χ4n) is 9.96. The van der Waals surface area contributed by atoms with Crippen LogP contribution >= 0.6 is 11.6 Å². The first-order valence-electron chi connectivity index (χ1n) is 22.8. The number of esters is 1. The number of anilines is 2. The average molecular weight is 953 g/mol. The number of benzene rings is 2. The number of hydrogen-bond acceptors (Lipinski definition) is 11. The van der Waals surface area contributed by atoms with E-state index >= 15 is 0 Å². The zero-order valence-corrected chi connectivity index (χ0v) is 39.6. The van der Waals surface area contributed by atoms with Crippen LogP contribution in [0.2, 0.25) is 0 Å². The molecule has 2 aromatic carbocycles. The molecule has 0 radical (unpaired) electrons. The number of ether oxygens (including phenoxy) is 2. The monoisotopic (exact) mass is 951 g/mol. The highest BCUT2D eigenvalue weighted by atomic mass is 35.5. The van der Waals surface area contributed by atoms with Crippen LogP contribution in [0.3, 0.4) is 0 Å². The van der Waals surface area contributed by atoms with Crippen LogP contribution in [0, 0.1) is 0 Å². The number of alkyl halides is 2. The van der Waals surface area contributed by atoms with Crippen molar-refractivity contribution < 1.29 is 45.7 Å². The van der Waals surface area contributed by atoms with E-state index in [1.165, 1.54) is 22.4 Å². The van der Waals surface area contributed by atoms with Crippen molar-refractivity contribution in [3.05, 3.63) is 116 Å². The van der Waals surface area contributed by atoms with Gasteiger partial charge in [-0.05, 0) is 88.1 Å². The number of aromatic nitrogens is 2. The summed E-state index contributed by atoms with van der Waals surface area (Å²) in [6.07, 6.45) is 6.57. The number of carbonyl (C=O) groups excluding carboxylic acids is 1. The average Bonchev–Trinajstić information content (AvgIpc) is 3.72. The molecule has 0 saturated carbocycles. The Morgan fingerprint density at radius 2 is 1.73 bits per heavy atom. The number of carbonyl (C=O) groups is 1. The number of aliphatic hydroxyl groups is 1. The Morgan fingerprint density at radius 1 is 1.00 bits per heavy atom. The maximum atomic E-state index is 14.9. The number of rotatable bonds is 18. The molecule has 17 heteroatoms. The Morgan fingerprint density at radius 3 is 2.47 bits per heavy atom. The van der Waals surface area contributed by atoms with Gasteiger partial charge in [0, 0.05) is 71.2 Å². The van der Waals surface area contributed by atoms with Gasteiger partial charge < -0.3 is 29.8 Å². The van der Waals surface area contributed by atoms with Gasteiger partial charge in [0.25, 0.3) is 0 Å². The van der Waals surface area contributed by atoms with E-state index in [2.05, 4.69) is 78.6 Å². The Bertz CT molecular complexity index is 2620. The lowest BCUT2D eigenvalue weighted by atomic mass is 9.79. The largest absolute Gasteiger partial charge is 0.748 e. The fourth-order valence-corrected chi connectivity index (χ4v) is 10.9. The molecule has 3 unspecified atom stereocenters. The van der Waals surface area contributed by atoms with Crippen molar-refractivity contribution in [2.75, 3.05) is 36.1 Å². The lowest BCUT2D eigenvalue weighted by molar-refractivity contribution is -0.440. The second kappa shape index (κ2) is 19.8. The van der Waals surface area contributed by atoms with Crippen molar-refractivity contribution in [2.45, 2.75) is 134 Å². The van der Waals surface area contributed by atoms with Gasteiger partial charge in [-0.2, -0.15) is 18.3 Å². The third-order valence-corrected chi connectivity index (χ3v) is 14.8. The SMILES string of the molecule is CC1(C)C(CCC2=C(Cl)/C(=C/C=C3/N(CCCCCC(=O)OCC4OC(n5ccc(N)nc5=O)C(F)(F)C4O)c4ccccc4C3(C)C)CCC2)=[N+](CCCCS(=O)(=O)[O-])c2ccccc21. The lowest BCUT2D eigenvalue weighted by Crippen LogP contribution is -2.42. The molecule has 3 N–H and O–H groups in total. The normalized spacial score (nSPS) is 23.2. The minimum atomic E-state index is -4.27. The van der Waals surface area contributed by atoms with E-state index in [0.717, 1.165) is 78.5 Å². The molecule has 1 fully saturated rings. The third kappa shape index (κ3) is 10.4. The lowest BCUT2D eigenvalue weighted by Gasteiger charge is -2.27. The van der Waals surface area contributed by atoms with Crippen LogP contribution in [0.5, 0.6) is 0 Å². The smallest absolute Gasteiger partial charge is 0.351 e. The summed E-state index contributed by atoms with van der Waals surface area (Å²) in [6.45, 7) is 9.61. The van der Waals surface area contributed by atoms with Crippen molar-refractivity contribution in [1.82, 2.24) is 9.55 Å². The second-order valence-electron chi connectivity index (χ2n) is 18.7. The number of halogens is 3. The van der Waals surface area contributed by atoms with Gasteiger partial charge in [0.1, 0.15) is 25.1 Å². The first kappa shape index (κ1) is 49.2. The molecule has 7 rings (SSSR count). The van der Waals surface area contributed by atoms with Crippen LogP contribution in [-0.4, -0.2) is 87.5 Å². The number of aliphatic hydroxyl groups excluding tert-OH is 1. The number of nitrogens with zero attached hydrogens (tertiary/aromatic N) is 4. The molecular formula is C49H60ClF2N5O8S. The molecule has 4 heterocycles. The molecule has 4 aliphatic rings. The molecule has 3 atom stereocenters. The molecule has 13 nitrogen and oxygen atoms in total. The minimum absolute atomic E-state index is 0.0463. The number of fused-ring (bicyclic) bond motifs is 2. The number of nitrogen functional groups attached to an aromatic ring is 1. The molecule has 356 valence electrons. The molecule has 0 spiro atoms. The van der Waals surface area contributed by atoms with Crippen molar-refractivity contribution >= 4 is 50.6 Å². The highest BCUT2D eigenvalue weighted by molar-refractivity contribution is 7.85. The second-order valence-corrected chi connectivity index (χ2v) is 20.6. The van der Waals surface area contributed by atoms with Crippen molar-refractivity contribution in [3.63, 3.8) is 0 Å². The van der Waals surface area contributed by atoms with Gasteiger partial charge in [-0.3, -0.25) is 9.36 Å². The highest BCUT2D eigenvalue weighted by Crippen LogP contribution is 2.49. The van der Waals surface area contributed by atoms with Gasteiger partial charge in [-0.1, -0.05) is 79.9 Å². The van der Waals surface area contributed by atoms with Gasteiger partial charge in [-0.15, -0.1) is 0 Å². The van der Waals surface area contributed by atoms with E-state index in [1.807, 2.05) is 24.3 Å². The topological polar surface area (TPSA) is 180 Å². The van der Waals surface area contributed by atoms with Crippen LogP contribution in [0.4, 0.5) is 26.0 Å². The predicted molar refractivity (Wildman–Crippen MR) is 249 cm³/mol. The summed E-state index contributed by atoms with van der Waals surface area (Å²) < 4.78 is 77.2. The summed E-state index contributed by atoms with van der Waals surface area (Å²) in [6, 6.07) is 17.8. The summed E-state index contributed by atoms with van der Waals surface area (Å²) >= 11 is 7.27. The standard InChI is InChI=1S/C49H60ClF2N5O8S/c1-47(2)34-17-7-9-19-36(34)55(27-11-5-6-21-42(58)64-31-38-44(59)49(51,52)45(65-38)57-29-26-41(53)54-46(57)60)39(47)24-22-32-15-14-16-33(43(32)50)23-25-40-48(3,4)35-18-8-10-20-37(35)56(40)28-12-13-30-66(61,62)63/h7-10,17-20,22,24,26,29,38,44-45,59H,5-6,11-16,21,23,25,27-28,30-31H2,1-4H3,(H2-,53,54,60,61,62,63)/b32-22+,39-24+. The Hall–Kier alpha value is -4.74. The zero-order chi connectivity index (χ0) is 47.6. The number of hydrogen-bond donors (Lipinski definition) is 2. The molecular weight excluding hydrogens is 892 g/mol. The minimum Gasteiger partial charge on any atom is -0.748 e. The molecule has 1 saturated heterocycles. The third-order valence-electron chi connectivity index (χ3n) is 13.5. The van der Waals surface area contributed by atoms with Gasteiger partial charge in [-0.25, -0.2) is 13.2 Å². The Kier molecular flexibility index (Phi) is 14.8. The van der Waals surface area contributed by atoms with Crippen molar-refractivity contribution in [3.8, 4) is 0 Å². The Labute approximate surface area is 390 Å². The van der Waals surface area contributed by atoms with E-state index in [4.69, 9.17) is 26.8 Å². The van der Waals surface area contributed by atoms with E-state index in [-0.39, 0.29) is 28.8 Å². The summed E-state index contributed by atoms with van der Waals surface area (Å²) in [5.74, 6) is -4.98. The molecule has 3 aliphatic heterocycles. The van der Waals surface area contributed by atoms with Gasteiger partial charge in [0.2, 0.25) is 11.9 Å². The van der Waals surface area contributed by atoms with Crippen molar-refractivity contribution in [2.24, 2.45) is 0 Å². The Balaban J connectivity index is 0.977. The summed E-state index contributed by atoms with van der Waals surface area (Å²) in [4.78, 5) is 30.7. The van der Waals surface area contributed by atoms with Crippen molar-refractivity contribution in [1.29, 1.82) is 0 Å². The summed E-state index contributed by atoms with van der Waals surface area (Å²) in [5, 5.41) is 11.1. The number of unbranched alkanes of at least 4 members (excludes halogenated alkanes) is 3. The maximum absolute atomic E-state index is 14.9. The van der Waals surface area contributed by atoms with Crippen LogP contribution in [0.1, 0.15) is 116 Å². The van der Waals surface area contributed by atoms with Crippen LogP contribution < -0.4 is 16.3 Å². The zero-order valence-electron chi connectivity index (χ0n) is 38.0. The van der Waals surface area contributed by atoms with Crippen LogP contribution in [0.15, 0.2) is 99.6 Å². The van der Waals surface area contributed by atoms with Crippen LogP contribution in [-0.2, 0) is 35.2 Å². The van der Waals surface area contributed by atoms with Gasteiger partial charge >= 0.3 is 17.6 Å². The number of nitrogens with two attached hydrogens (primary N) is 1. The van der Waals surface area contributed by atoms with E-state index < -0.39 is 52.7 Å². The highest BCUT2D eigenvalue weighted by Gasteiger charge is 2.60. The predicted octanol–water partition coefficient (Wildman–Crippen LogP) is 8.29. The first-order chi connectivity index (χ1) is 31.2. The van der Waals surface area contributed by atoms with Crippen LogP contribution in [0.25, 0.3) is 0 Å². The molecule has 1 aromatic heterocycles. The molecule has 66 heavy (non-hydrogen) atoms. The molecule has 3 aromatic rings. The van der Waals surface area contributed by atoms with Gasteiger partial charge in [0.05, 0.1) is 15.5 Å². The number of para-hydroxylation sites is 2. The maximum Gasteiger partial charge on any atom is 0.351 e. The summed E-state index contributed by atoms with van der Waals surface area (Å²) in [7, 11) is -4.27. The fraction of sp³-hybridized carbons (Fsp3) is 0.510. The van der Waals surface area contributed by atoms with E-state index in [9.17, 15) is 36.4 Å². The van der Waals surface area contributed by atoms with Gasteiger partial charge in [0.15, 0.2) is 11.8 Å². The first-order valence-corrected chi connectivity index (χ1v) is 24.7. The molecule has 0 amide bonds. The summed E-state index contributed by atoms with van der Waals surface area (Å²) in [5.41, 5.74) is 13.3. The van der Waals surface area contributed by atoms with E-state index in [1.54, 1.807) is 0 Å². The molecule has 0 bridgehead atoms. The number of allylic oxidation sites excluding steroid dienone is 6.